The molecule has 3 heterocycles. The number of nitrogens with zero attached hydrogens (tertiary/aromatic N) is 4. The van der Waals surface area contributed by atoms with Crippen LogP contribution >= 0.6 is 24.0 Å². The number of fused-ring (bicyclic) bond motifs is 2. The van der Waals surface area contributed by atoms with Crippen LogP contribution in [0.2, 0.25) is 0 Å². The number of benzene rings is 1. The molecule has 0 amide bonds. The maximum atomic E-state index is 5.66. The topological polar surface area (TPSA) is 85.1 Å². The summed E-state index contributed by atoms with van der Waals surface area (Å²) in [7, 11) is 0. The zero-order valence-corrected chi connectivity index (χ0v) is 21.2. The standard InChI is InChI=1S/C24H30N6O2.HI/c1-2-25-23(26-15-22-29-28-21-8-4-7-13-30(21)22)27-16-24(11-5-3-6-12-24)18-9-10-19-20(14-18)32-17-31-19;/h4,7-10,13-14H,2-3,5-6,11-12,15-17H2,1H3,(H2,25,26,27);1H. The van der Waals surface area contributed by atoms with Crippen molar-refractivity contribution in [1.82, 2.24) is 25.2 Å². The Morgan fingerprint density at radius 3 is 2.76 bits per heavy atom. The summed E-state index contributed by atoms with van der Waals surface area (Å²) >= 11 is 0. The average molecular weight is 562 g/mol. The molecule has 9 heteroatoms. The van der Waals surface area contributed by atoms with E-state index in [0.717, 1.165) is 54.9 Å². The third-order valence-corrected chi connectivity index (χ3v) is 6.50. The lowest BCUT2D eigenvalue weighted by Gasteiger charge is -2.38. The molecule has 1 aromatic carbocycles. The molecule has 2 N–H and O–H groups in total. The van der Waals surface area contributed by atoms with Crippen LogP contribution in [0.4, 0.5) is 0 Å². The van der Waals surface area contributed by atoms with E-state index in [1.54, 1.807) is 0 Å². The van der Waals surface area contributed by atoms with Gasteiger partial charge in [-0.3, -0.25) is 4.40 Å². The van der Waals surface area contributed by atoms with Gasteiger partial charge in [-0.25, -0.2) is 4.99 Å². The van der Waals surface area contributed by atoms with Crippen molar-refractivity contribution in [3.05, 3.63) is 54.0 Å². The molecule has 0 saturated heterocycles. The molecule has 2 aromatic heterocycles. The van der Waals surface area contributed by atoms with Gasteiger partial charge in [0, 0.05) is 24.7 Å². The summed E-state index contributed by atoms with van der Waals surface area (Å²) in [6.07, 6.45) is 8.02. The minimum absolute atomic E-state index is 0. The van der Waals surface area contributed by atoms with Crippen LogP contribution in [0, 0.1) is 0 Å². The second-order valence-electron chi connectivity index (χ2n) is 8.50. The molecule has 1 aliphatic carbocycles. The fourth-order valence-corrected chi connectivity index (χ4v) is 4.77. The lowest BCUT2D eigenvalue weighted by molar-refractivity contribution is 0.174. The Bertz CT molecular complexity index is 1110. The molecule has 0 radical (unpaired) electrons. The van der Waals surface area contributed by atoms with Crippen molar-refractivity contribution in [3.63, 3.8) is 0 Å². The highest BCUT2D eigenvalue weighted by Gasteiger charge is 2.35. The van der Waals surface area contributed by atoms with E-state index in [1.165, 1.54) is 24.8 Å². The summed E-state index contributed by atoms with van der Waals surface area (Å²) in [5.74, 6) is 3.31. The summed E-state index contributed by atoms with van der Waals surface area (Å²) in [5.41, 5.74) is 2.20. The van der Waals surface area contributed by atoms with E-state index >= 15 is 0 Å². The van der Waals surface area contributed by atoms with Gasteiger partial charge in [-0.1, -0.05) is 31.4 Å². The Kier molecular flexibility index (Phi) is 7.56. The van der Waals surface area contributed by atoms with Gasteiger partial charge in [0.1, 0.15) is 6.54 Å². The number of rotatable bonds is 6. The predicted octanol–water partition coefficient (Wildman–Crippen LogP) is 4.03. The maximum Gasteiger partial charge on any atom is 0.231 e. The molecule has 33 heavy (non-hydrogen) atoms. The van der Waals surface area contributed by atoms with Crippen LogP contribution in [0.15, 0.2) is 47.6 Å². The quantitative estimate of drug-likeness (QED) is 0.268. The van der Waals surface area contributed by atoms with Gasteiger partial charge in [0.2, 0.25) is 6.79 Å². The number of halogens is 1. The predicted molar refractivity (Wildman–Crippen MR) is 139 cm³/mol. The van der Waals surface area contributed by atoms with E-state index in [2.05, 4.69) is 39.9 Å². The van der Waals surface area contributed by atoms with Crippen LogP contribution in [-0.4, -0.2) is 40.4 Å². The molecule has 1 fully saturated rings. The Balaban J connectivity index is 0.00000259. The number of ether oxygens (including phenoxy) is 2. The molecule has 0 spiro atoms. The number of hydrogen-bond acceptors (Lipinski definition) is 5. The van der Waals surface area contributed by atoms with Gasteiger partial charge in [-0.05, 0) is 49.6 Å². The number of aliphatic imine (C=N–C) groups is 1. The monoisotopic (exact) mass is 562 g/mol. The lowest BCUT2D eigenvalue weighted by atomic mass is 9.69. The molecule has 8 nitrogen and oxygen atoms in total. The molecular weight excluding hydrogens is 531 g/mol. The fraction of sp³-hybridized carbons (Fsp3) is 0.458. The Morgan fingerprint density at radius 2 is 1.91 bits per heavy atom. The summed E-state index contributed by atoms with van der Waals surface area (Å²) in [6, 6.07) is 12.3. The largest absolute Gasteiger partial charge is 0.454 e. The number of hydrogen-bond donors (Lipinski definition) is 2. The van der Waals surface area contributed by atoms with Crippen LogP contribution in [0.3, 0.4) is 0 Å². The number of guanidine groups is 1. The summed E-state index contributed by atoms with van der Waals surface area (Å²) < 4.78 is 13.2. The van der Waals surface area contributed by atoms with E-state index in [4.69, 9.17) is 14.5 Å². The van der Waals surface area contributed by atoms with Gasteiger partial charge in [-0.15, -0.1) is 34.2 Å². The van der Waals surface area contributed by atoms with Crippen molar-refractivity contribution >= 4 is 35.6 Å². The van der Waals surface area contributed by atoms with Crippen LogP contribution in [0.25, 0.3) is 5.65 Å². The number of aromatic nitrogens is 3. The second-order valence-corrected chi connectivity index (χ2v) is 8.50. The summed E-state index contributed by atoms with van der Waals surface area (Å²) in [4.78, 5) is 4.80. The Labute approximate surface area is 211 Å². The zero-order chi connectivity index (χ0) is 21.8. The molecule has 1 aliphatic heterocycles. The van der Waals surface area contributed by atoms with Gasteiger partial charge in [0.25, 0.3) is 0 Å². The van der Waals surface area contributed by atoms with Gasteiger partial charge in [-0.2, -0.15) is 0 Å². The van der Waals surface area contributed by atoms with Crippen LogP contribution in [0.5, 0.6) is 11.5 Å². The third-order valence-electron chi connectivity index (χ3n) is 6.50. The van der Waals surface area contributed by atoms with Gasteiger partial charge in [0.15, 0.2) is 28.9 Å². The lowest BCUT2D eigenvalue weighted by Crippen LogP contribution is -2.46. The number of pyridine rings is 1. The zero-order valence-electron chi connectivity index (χ0n) is 18.9. The molecule has 2 aliphatic rings. The first kappa shape index (κ1) is 23.6. The first-order chi connectivity index (χ1) is 15.8. The molecule has 3 aromatic rings. The molecule has 0 atom stereocenters. The van der Waals surface area contributed by atoms with Crippen molar-refractivity contribution in [2.24, 2.45) is 4.99 Å². The summed E-state index contributed by atoms with van der Waals surface area (Å²) in [6.45, 7) is 4.45. The highest BCUT2D eigenvalue weighted by Crippen LogP contribution is 2.43. The summed E-state index contributed by atoms with van der Waals surface area (Å²) in [5, 5.41) is 15.5. The molecule has 0 unspecified atom stereocenters. The van der Waals surface area contributed by atoms with Gasteiger partial charge >= 0.3 is 0 Å². The highest BCUT2D eigenvalue weighted by atomic mass is 127. The van der Waals surface area contributed by atoms with Crippen LogP contribution in [-0.2, 0) is 12.0 Å². The minimum atomic E-state index is 0. The van der Waals surface area contributed by atoms with Crippen molar-refractivity contribution in [3.8, 4) is 11.5 Å². The second kappa shape index (κ2) is 10.6. The van der Waals surface area contributed by atoms with E-state index in [-0.39, 0.29) is 29.4 Å². The third kappa shape index (κ3) is 5.02. The smallest absolute Gasteiger partial charge is 0.231 e. The van der Waals surface area contributed by atoms with Crippen molar-refractivity contribution in [2.75, 3.05) is 19.9 Å². The van der Waals surface area contributed by atoms with E-state index in [1.807, 2.05) is 34.9 Å². The average Bonchev–Trinajstić information content (AvgIpc) is 3.48. The van der Waals surface area contributed by atoms with Crippen LogP contribution in [0.1, 0.15) is 50.4 Å². The Hall–Kier alpha value is -2.56. The molecule has 5 rings (SSSR count). The minimum Gasteiger partial charge on any atom is -0.454 e. The Morgan fingerprint density at radius 1 is 1.06 bits per heavy atom. The van der Waals surface area contributed by atoms with E-state index in [0.29, 0.717) is 13.3 Å². The fourth-order valence-electron chi connectivity index (χ4n) is 4.77. The van der Waals surface area contributed by atoms with Gasteiger partial charge in [0.05, 0.1) is 0 Å². The van der Waals surface area contributed by atoms with Crippen molar-refractivity contribution in [1.29, 1.82) is 0 Å². The molecule has 0 bridgehead atoms. The molecule has 176 valence electrons. The van der Waals surface area contributed by atoms with Crippen LogP contribution < -0.4 is 20.1 Å². The van der Waals surface area contributed by atoms with Gasteiger partial charge < -0.3 is 20.1 Å². The molecule has 1 saturated carbocycles. The SMILES string of the molecule is CCNC(=NCc1nnc2ccccn12)NCC1(c2ccc3c(c2)OCO3)CCCCC1.I. The highest BCUT2D eigenvalue weighted by molar-refractivity contribution is 14.0. The normalized spacial score (nSPS) is 16.9. The number of nitrogens with one attached hydrogen (secondary N) is 2. The van der Waals surface area contributed by atoms with Crippen molar-refractivity contribution in [2.45, 2.75) is 51.0 Å². The van der Waals surface area contributed by atoms with E-state index in [9.17, 15) is 0 Å². The first-order valence-electron chi connectivity index (χ1n) is 11.5. The first-order valence-corrected chi connectivity index (χ1v) is 11.5. The van der Waals surface area contributed by atoms with E-state index < -0.39 is 0 Å². The molecular formula is C24H31IN6O2. The maximum absolute atomic E-state index is 5.66. The van der Waals surface area contributed by atoms with Crippen molar-refractivity contribution < 1.29 is 9.47 Å².